The molecule has 0 aromatic heterocycles. The number of amides is 1. The number of nitrogens with zero attached hydrogens (tertiary/aromatic N) is 1. The van der Waals surface area contributed by atoms with Gasteiger partial charge in [-0.2, -0.15) is 0 Å². The number of hydrogen-bond donors (Lipinski definition) is 0. The number of morpholine rings is 1. The highest BCUT2D eigenvalue weighted by Gasteiger charge is 2.26. The Kier molecular flexibility index (Phi) is 4.43. The van der Waals surface area contributed by atoms with Gasteiger partial charge in [-0.25, -0.2) is 0 Å². The summed E-state index contributed by atoms with van der Waals surface area (Å²) < 4.78 is 5.65. The Balaban J connectivity index is 1.74. The van der Waals surface area contributed by atoms with Crippen LogP contribution in [0.5, 0.6) is 0 Å². The van der Waals surface area contributed by atoms with E-state index in [4.69, 9.17) is 4.74 Å². The third-order valence-electron chi connectivity index (χ3n) is 4.01. The summed E-state index contributed by atoms with van der Waals surface area (Å²) in [6.45, 7) is 5.64. The maximum Gasteiger partial charge on any atom is 0.222 e. The molecule has 0 aromatic rings. The highest BCUT2D eigenvalue weighted by Crippen LogP contribution is 2.28. The molecule has 98 valence electrons. The van der Waals surface area contributed by atoms with E-state index in [0.29, 0.717) is 5.91 Å². The molecule has 2 fully saturated rings. The summed E-state index contributed by atoms with van der Waals surface area (Å²) >= 11 is 0. The van der Waals surface area contributed by atoms with E-state index >= 15 is 0 Å². The Morgan fingerprint density at radius 2 is 1.76 bits per heavy atom. The van der Waals surface area contributed by atoms with E-state index in [1.54, 1.807) is 0 Å². The van der Waals surface area contributed by atoms with Crippen LogP contribution in [0.15, 0.2) is 0 Å². The lowest BCUT2D eigenvalue weighted by Crippen LogP contribution is -2.48. The Hall–Kier alpha value is -0.570. The smallest absolute Gasteiger partial charge is 0.222 e. The molecule has 0 unspecified atom stereocenters. The minimum atomic E-state index is 0.189. The molecular formula is C14H25NO2. The van der Waals surface area contributed by atoms with E-state index in [1.165, 1.54) is 25.7 Å². The zero-order chi connectivity index (χ0) is 12.3. The molecule has 3 nitrogen and oxygen atoms in total. The number of ether oxygens (including phenoxy) is 1. The van der Waals surface area contributed by atoms with Crippen molar-refractivity contribution in [1.29, 1.82) is 0 Å². The van der Waals surface area contributed by atoms with E-state index in [1.807, 2.05) is 18.7 Å². The fourth-order valence-corrected chi connectivity index (χ4v) is 3.17. The lowest BCUT2D eigenvalue weighted by molar-refractivity contribution is -0.143. The zero-order valence-electron chi connectivity index (χ0n) is 11.2. The molecule has 0 N–H and O–H groups in total. The van der Waals surface area contributed by atoms with E-state index in [2.05, 4.69) is 0 Å². The standard InChI is InChI=1S/C14H25NO2/c1-11-9-15(10-12(2)17-11)14(16)8-7-13-5-3-4-6-13/h11-13H,3-10H2,1-2H3/t11-,12+. The average Bonchev–Trinajstić information content (AvgIpc) is 2.77. The van der Waals surface area contributed by atoms with Gasteiger partial charge in [0.25, 0.3) is 0 Å². The van der Waals surface area contributed by atoms with Crippen LogP contribution in [0.3, 0.4) is 0 Å². The summed E-state index contributed by atoms with van der Waals surface area (Å²) in [4.78, 5) is 14.1. The van der Waals surface area contributed by atoms with Crippen molar-refractivity contribution in [3.8, 4) is 0 Å². The van der Waals surface area contributed by atoms with Gasteiger partial charge in [0.2, 0.25) is 5.91 Å². The molecule has 0 aromatic carbocycles. The predicted molar refractivity (Wildman–Crippen MR) is 67.8 cm³/mol. The SMILES string of the molecule is C[C@@H]1CN(C(=O)CCC2CCCC2)C[C@H](C)O1. The first kappa shape index (κ1) is 12.9. The Bertz CT molecular complexity index is 251. The van der Waals surface area contributed by atoms with Gasteiger partial charge in [0.05, 0.1) is 12.2 Å². The number of carbonyl (C=O) groups excluding carboxylic acids is 1. The normalized spacial score (nSPS) is 30.8. The third kappa shape index (κ3) is 3.70. The monoisotopic (exact) mass is 239 g/mol. The molecule has 0 bridgehead atoms. The summed E-state index contributed by atoms with van der Waals surface area (Å²) in [6, 6.07) is 0. The van der Waals surface area contributed by atoms with E-state index in [9.17, 15) is 4.79 Å². The van der Waals surface area contributed by atoms with E-state index in [-0.39, 0.29) is 12.2 Å². The van der Waals surface area contributed by atoms with Gasteiger partial charge in [0.1, 0.15) is 0 Å². The van der Waals surface area contributed by atoms with Crippen LogP contribution in [-0.2, 0) is 9.53 Å². The van der Waals surface area contributed by atoms with Crippen LogP contribution >= 0.6 is 0 Å². The maximum absolute atomic E-state index is 12.1. The summed E-state index contributed by atoms with van der Waals surface area (Å²) in [5.74, 6) is 1.15. The highest BCUT2D eigenvalue weighted by molar-refractivity contribution is 5.76. The lowest BCUT2D eigenvalue weighted by atomic mass is 10.0. The molecule has 3 heteroatoms. The molecule has 17 heavy (non-hydrogen) atoms. The molecular weight excluding hydrogens is 214 g/mol. The predicted octanol–water partition coefficient (Wildman–Crippen LogP) is 2.59. The van der Waals surface area contributed by atoms with Crippen LogP contribution in [0.4, 0.5) is 0 Å². The highest BCUT2D eigenvalue weighted by atomic mass is 16.5. The van der Waals surface area contributed by atoms with E-state index < -0.39 is 0 Å². The molecule has 2 atom stereocenters. The third-order valence-corrected chi connectivity index (χ3v) is 4.01. The quantitative estimate of drug-likeness (QED) is 0.757. The van der Waals surface area contributed by atoms with E-state index in [0.717, 1.165) is 31.8 Å². The summed E-state index contributed by atoms with van der Waals surface area (Å²) in [5.41, 5.74) is 0. The van der Waals surface area contributed by atoms with Gasteiger partial charge in [0.15, 0.2) is 0 Å². The Morgan fingerprint density at radius 3 is 2.35 bits per heavy atom. The van der Waals surface area contributed by atoms with Crippen LogP contribution in [0.25, 0.3) is 0 Å². The maximum atomic E-state index is 12.1. The number of carbonyl (C=O) groups is 1. The van der Waals surface area contributed by atoms with Crippen molar-refractivity contribution < 1.29 is 9.53 Å². The van der Waals surface area contributed by atoms with Crippen LogP contribution in [0.1, 0.15) is 52.4 Å². The van der Waals surface area contributed by atoms with Crippen molar-refractivity contribution in [1.82, 2.24) is 4.90 Å². The second kappa shape index (κ2) is 5.85. The van der Waals surface area contributed by atoms with Crippen LogP contribution in [0.2, 0.25) is 0 Å². The number of rotatable bonds is 3. The summed E-state index contributed by atoms with van der Waals surface area (Å²) in [6.07, 6.45) is 7.62. The van der Waals surface area contributed by atoms with Crippen LogP contribution < -0.4 is 0 Å². The van der Waals surface area contributed by atoms with Gasteiger partial charge < -0.3 is 9.64 Å². The topological polar surface area (TPSA) is 29.5 Å². The zero-order valence-corrected chi connectivity index (χ0v) is 11.2. The molecule has 2 rings (SSSR count). The van der Waals surface area contributed by atoms with Gasteiger partial charge in [-0.1, -0.05) is 25.7 Å². The first-order chi connectivity index (χ1) is 8.15. The second-order valence-electron chi connectivity index (χ2n) is 5.75. The molecule has 1 aliphatic heterocycles. The van der Waals surface area contributed by atoms with Gasteiger partial charge in [-0.15, -0.1) is 0 Å². The molecule has 2 aliphatic rings. The van der Waals surface area contributed by atoms with Crippen LogP contribution in [-0.4, -0.2) is 36.1 Å². The molecule has 0 spiro atoms. The molecule has 1 saturated heterocycles. The van der Waals surface area contributed by atoms with Gasteiger partial charge in [0, 0.05) is 19.5 Å². The van der Waals surface area contributed by atoms with Crippen molar-refractivity contribution in [2.75, 3.05) is 13.1 Å². The molecule has 1 heterocycles. The van der Waals surface area contributed by atoms with Crippen molar-refractivity contribution in [3.05, 3.63) is 0 Å². The first-order valence-corrected chi connectivity index (χ1v) is 7.08. The molecule has 0 radical (unpaired) electrons. The fourth-order valence-electron chi connectivity index (χ4n) is 3.17. The van der Waals surface area contributed by atoms with Gasteiger partial charge >= 0.3 is 0 Å². The van der Waals surface area contributed by atoms with Crippen molar-refractivity contribution in [3.63, 3.8) is 0 Å². The lowest BCUT2D eigenvalue weighted by Gasteiger charge is -2.35. The van der Waals surface area contributed by atoms with Crippen molar-refractivity contribution in [2.45, 2.75) is 64.6 Å². The van der Waals surface area contributed by atoms with Crippen molar-refractivity contribution in [2.24, 2.45) is 5.92 Å². The Labute approximate surface area is 105 Å². The minimum absolute atomic E-state index is 0.189. The van der Waals surface area contributed by atoms with Crippen LogP contribution in [0, 0.1) is 5.92 Å². The average molecular weight is 239 g/mol. The fraction of sp³-hybridized carbons (Fsp3) is 0.929. The first-order valence-electron chi connectivity index (χ1n) is 7.08. The number of hydrogen-bond acceptors (Lipinski definition) is 2. The molecule has 1 saturated carbocycles. The van der Waals surface area contributed by atoms with Gasteiger partial charge in [-0.3, -0.25) is 4.79 Å². The van der Waals surface area contributed by atoms with Gasteiger partial charge in [-0.05, 0) is 26.2 Å². The summed E-state index contributed by atoms with van der Waals surface area (Å²) in [7, 11) is 0. The molecule has 1 amide bonds. The molecule has 1 aliphatic carbocycles. The van der Waals surface area contributed by atoms with Crippen molar-refractivity contribution >= 4 is 5.91 Å². The second-order valence-corrected chi connectivity index (χ2v) is 5.75. The Morgan fingerprint density at radius 1 is 1.18 bits per heavy atom. The summed E-state index contributed by atoms with van der Waals surface area (Å²) in [5, 5.41) is 0. The largest absolute Gasteiger partial charge is 0.372 e. The minimum Gasteiger partial charge on any atom is -0.372 e.